The van der Waals surface area contributed by atoms with Crippen molar-refractivity contribution < 1.29 is 29.6 Å². The minimum Gasteiger partial charge on any atom is -0.507 e. The molecule has 0 aromatic heterocycles. The molecular formula is C21H20ClNO6. The van der Waals surface area contributed by atoms with E-state index in [0.29, 0.717) is 30.0 Å². The summed E-state index contributed by atoms with van der Waals surface area (Å²) in [5, 5.41) is 31.1. The molecule has 2 aromatic carbocycles. The average molecular weight is 418 g/mol. The van der Waals surface area contributed by atoms with Crippen LogP contribution in [0.2, 0.25) is 5.02 Å². The zero-order valence-electron chi connectivity index (χ0n) is 15.7. The lowest BCUT2D eigenvalue weighted by molar-refractivity contribution is -0.140. The number of phenols is 1. The monoisotopic (exact) mass is 417 g/mol. The van der Waals surface area contributed by atoms with Gasteiger partial charge in [-0.05, 0) is 30.2 Å². The molecule has 0 saturated heterocycles. The summed E-state index contributed by atoms with van der Waals surface area (Å²) in [5.41, 5.74) is -0.106. The van der Waals surface area contributed by atoms with Gasteiger partial charge >= 0.3 is 5.97 Å². The van der Waals surface area contributed by atoms with Gasteiger partial charge in [0.05, 0.1) is 18.9 Å². The first-order chi connectivity index (χ1) is 13.9. The molecule has 7 nitrogen and oxygen atoms in total. The topological polar surface area (TPSA) is 107 Å². The van der Waals surface area contributed by atoms with Crippen LogP contribution in [0.1, 0.15) is 30.0 Å². The van der Waals surface area contributed by atoms with Crippen molar-refractivity contribution >= 4 is 29.2 Å². The van der Waals surface area contributed by atoms with Crippen LogP contribution < -0.4 is 9.64 Å². The smallest absolute Gasteiger partial charge is 0.326 e. The number of aliphatic hydroxyl groups excluding tert-OH is 1. The number of carboxylic acids is 1. The summed E-state index contributed by atoms with van der Waals surface area (Å²) < 4.78 is 5.47. The summed E-state index contributed by atoms with van der Waals surface area (Å²) in [5.74, 6) is -1.49. The number of halogens is 1. The lowest BCUT2D eigenvalue weighted by Crippen LogP contribution is -2.50. The summed E-state index contributed by atoms with van der Waals surface area (Å²) >= 11 is 6.47. The van der Waals surface area contributed by atoms with Gasteiger partial charge in [0.15, 0.2) is 0 Å². The quantitative estimate of drug-likeness (QED) is 0.689. The highest BCUT2D eigenvalue weighted by molar-refractivity contribution is 6.33. The zero-order valence-corrected chi connectivity index (χ0v) is 16.4. The molecule has 2 aromatic rings. The minimum absolute atomic E-state index is 0.165. The van der Waals surface area contributed by atoms with Crippen molar-refractivity contribution in [2.75, 3.05) is 18.1 Å². The second kappa shape index (κ2) is 6.93. The van der Waals surface area contributed by atoms with E-state index in [0.717, 1.165) is 5.56 Å². The Balaban J connectivity index is 2.02. The van der Waals surface area contributed by atoms with E-state index >= 15 is 0 Å². The molecule has 1 amide bonds. The number of phenolic OH excluding ortho intramolecular Hbond substituents is 1. The van der Waals surface area contributed by atoms with Crippen LogP contribution in [0.4, 0.5) is 5.69 Å². The van der Waals surface area contributed by atoms with Crippen molar-refractivity contribution in [3.05, 3.63) is 52.0 Å². The Kier molecular flexibility index (Phi) is 4.67. The van der Waals surface area contributed by atoms with Crippen LogP contribution in [0, 0.1) is 0 Å². The number of rotatable bonds is 5. The molecule has 2 heterocycles. The van der Waals surface area contributed by atoms with Crippen molar-refractivity contribution in [2.24, 2.45) is 0 Å². The molecule has 0 fully saturated rings. The second-order valence-corrected chi connectivity index (χ2v) is 7.62. The van der Waals surface area contributed by atoms with E-state index in [1.54, 1.807) is 31.2 Å². The average Bonchev–Trinajstić information content (AvgIpc) is 3.23. The molecule has 3 N–H and O–H groups in total. The minimum atomic E-state index is -1.71. The van der Waals surface area contributed by atoms with Crippen LogP contribution in [-0.4, -0.2) is 46.5 Å². The molecule has 152 valence electrons. The molecule has 2 aliphatic rings. The fourth-order valence-corrected chi connectivity index (χ4v) is 4.70. The third kappa shape index (κ3) is 2.61. The standard InChI is InChI=1S/C21H20ClNO6/c1-2-14(19(26)27)23-15-5-3-4-13(22)18(15)21(10-24,20(23)28)12-8-11-6-7-29-17(11)9-16(12)25/h3-5,8-9,14,24-25H,2,6-7,10H2,1H3,(H,26,27). The first-order valence-corrected chi connectivity index (χ1v) is 9.70. The number of hydrogen-bond donors (Lipinski definition) is 3. The summed E-state index contributed by atoms with van der Waals surface area (Å²) in [6, 6.07) is 6.75. The second-order valence-electron chi connectivity index (χ2n) is 7.21. The van der Waals surface area contributed by atoms with Gasteiger partial charge in [-0.25, -0.2) is 4.79 Å². The van der Waals surface area contributed by atoms with E-state index < -0.39 is 29.9 Å². The van der Waals surface area contributed by atoms with Gasteiger partial charge in [0.1, 0.15) is 23.0 Å². The van der Waals surface area contributed by atoms with Crippen molar-refractivity contribution in [3.8, 4) is 11.5 Å². The third-order valence-corrected chi connectivity index (χ3v) is 6.06. The SMILES string of the molecule is CCC(C(=O)O)N1C(=O)C(CO)(c2cc3c(cc2O)OCC3)c2c(Cl)cccc21. The number of aliphatic hydroxyl groups is 1. The van der Waals surface area contributed by atoms with Crippen LogP contribution in [0.3, 0.4) is 0 Å². The molecule has 2 aliphatic heterocycles. The van der Waals surface area contributed by atoms with Crippen LogP contribution in [-0.2, 0) is 21.4 Å². The fraction of sp³-hybridized carbons (Fsp3) is 0.333. The number of fused-ring (bicyclic) bond motifs is 2. The number of carboxylic acid groups (broad SMARTS) is 1. The summed E-state index contributed by atoms with van der Waals surface area (Å²) in [6.07, 6.45) is 0.767. The molecule has 8 heteroatoms. The van der Waals surface area contributed by atoms with E-state index in [-0.39, 0.29) is 22.8 Å². The molecule has 29 heavy (non-hydrogen) atoms. The fourth-order valence-electron chi connectivity index (χ4n) is 4.37. The van der Waals surface area contributed by atoms with Gasteiger partial charge in [-0.15, -0.1) is 0 Å². The normalized spacial score (nSPS) is 20.9. The van der Waals surface area contributed by atoms with Gasteiger partial charge in [0.2, 0.25) is 5.91 Å². The zero-order chi connectivity index (χ0) is 20.9. The van der Waals surface area contributed by atoms with Crippen molar-refractivity contribution in [3.63, 3.8) is 0 Å². The summed E-state index contributed by atoms with van der Waals surface area (Å²) in [4.78, 5) is 26.8. The molecule has 2 unspecified atom stereocenters. The summed E-state index contributed by atoms with van der Waals surface area (Å²) in [7, 11) is 0. The first kappa shape index (κ1) is 19.5. The number of nitrogens with zero attached hydrogens (tertiary/aromatic N) is 1. The van der Waals surface area contributed by atoms with Crippen LogP contribution in [0.15, 0.2) is 30.3 Å². The number of aliphatic carboxylic acids is 1. The highest BCUT2D eigenvalue weighted by Crippen LogP contribution is 2.53. The lowest BCUT2D eigenvalue weighted by atomic mass is 9.75. The maximum atomic E-state index is 13.7. The molecule has 0 spiro atoms. The van der Waals surface area contributed by atoms with Gasteiger partial charge in [-0.1, -0.05) is 24.6 Å². The molecule has 4 rings (SSSR count). The van der Waals surface area contributed by atoms with E-state index in [2.05, 4.69) is 0 Å². The number of hydrogen-bond acceptors (Lipinski definition) is 5. The first-order valence-electron chi connectivity index (χ1n) is 9.32. The third-order valence-electron chi connectivity index (χ3n) is 5.75. The Labute approximate surface area is 172 Å². The highest BCUT2D eigenvalue weighted by Gasteiger charge is 2.56. The lowest BCUT2D eigenvalue weighted by Gasteiger charge is -2.30. The molecule has 0 bridgehead atoms. The number of carbonyl (C=O) groups is 2. The van der Waals surface area contributed by atoms with Crippen molar-refractivity contribution in [2.45, 2.75) is 31.2 Å². The van der Waals surface area contributed by atoms with E-state index in [1.807, 2.05) is 0 Å². The van der Waals surface area contributed by atoms with Crippen LogP contribution in [0.25, 0.3) is 0 Å². The predicted octanol–water partition coefficient (Wildman–Crippen LogP) is 2.47. The van der Waals surface area contributed by atoms with Gasteiger partial charge in [0.25, 0.3) is 0 Å². The maximum absolute atomic E-state index is 13.7. The number of amides is 1. The van der Waals surface area contributed by atoms with E-state index in [9.17, 15) is 24.9 Å². The van der Waals surface area contributed by atoms with E-state index in [1.165, 1.54) is 11.0 Å². The Hall–Kier alpha value is -2.77. The Morgan fingerprint density at radius 3 is 2.79 bits per heavy atom. The number of aromatic hydroxyl groups is 1. The number of carbonyl (C=O) groups excluding carboxylic acids is 1. The molecule has 0 aliphatic carbocycles. The van der Waals surface area contributed by atoms with E-state index in [4.69, 9.17) is 16.3 Å². The van der Waals surface area contributed by atoms with Crippen LogP contribution >= 0.6 is 11.6 Å². The molecular weight excluding hydrogens is 398 g/mol. The predicted molar refractivity (Wildman–Crippen MR) is 106 cm³/mol. The van der Waals surface area contributed by atoms with Gasteiger partial charge in [-0.2, -0.15) is 0 Å². The molecule has 2 atom stereocenters. The summed E-state index contributed by atoms with van der Waals surface area (Å²) in [6.45, 7) is 1.44. The van der Waals surface area contributed by atoms with Crippen LogP contribution in [0.5, 0.6) is 11.5 Å². The Morgan fingerprint density at radius 2 is 2.14 bits per heavy atom. The molecule has 0 saturated carbocycles. The number of ether oxygens (including phenoxy) is 1. The number of anilines is 1. The largest absolute Gasteiger partial charge is 0.507 e. The number of benzene rings is 2. The Morgan fingerprint density at radius 1 is 1.38 bits per heavy atom. The van der Waals surface area contributed by atoms with Crippen molar-refractivity contribution in [1.29, 1.82) is 0 Å². The highest BCUT2D eigenvalue weighted by atomic mass is 35.5. The van der Waals surface area contributed by atoms with Gasteiger partial charge in [-0.3, -0.25) is 9.69 Å². The van der Waals surface area contributed by atoms with Crippen molar-refractivity contribution in [1.82, 2.24) is 0 Å². The Bertz CT molecular complexity index is 1020. The maximum Gasteiger partial charge on any atom is 0.326 e. The molecule has 0 radical (unpaired) electrons. The van der Waals surface area contributed by atoms with Gasteiger partial charge in [0, 0.05) is 28.6 Å². The van der Waals surface area contributed by atoms with Gasteiger partial charge < -0.3 is 20.1 Å².